The SMILES string of the molecule is CC(C)[C@@H]1CC[C@H](C)C[C@H]1OCC(=O)O. The second-order valence-corrected chi connectivity index (χ2v) is 5.07. The highest BCUT2D eigenvalue weighted by molar-refractivity contribution is 5.68. The van der Waals surface area contributed by atoms with Gasteiger partial charge in [0.2, 0.25) is 0 Å². The van der Waals surface area contributed by atoms with E-state index in [1.807, 2.05) is 0 Å². The molecule has 1 fully saturated rings. The fourth-order valence-electron chi connectivity index (χ4n) is 2.48. The Balaban J connectivity index is 2.50. The molecule has 0 aromatic rings. The lowest BCUT2D eigenvalue weighted by atomic mass is 9.75. The van der Waals surface area contributed by atoms with E-state index in [1.165, 1.54) is 12.8 Å². The van der Waals surface area contributed by atoms with Gasteiger partial charge in [-0.15, -0.1) is 0 Å². The number of hydrogen-bond donors (Lipinski definition) is 1. The first-order valence-corrected chi connectivity index (χ1v) is 5.84. The number of carboxylic acid groups (broad SMARTS) is 1. The van der Waals surface area contributed by atoms with Crippen LogP contribution in [0.3, 0.4) is 0 Å². The van der Waals surface area contributed by atoms with Gasteiger partial charge in [-0.1, -0.05) is 27.2 Å². The Kier molecular flexibility index (Phi) is 4.58. The van der Waals surface area contributed by atoms with Crippen LogP contribution in [0.5, 0.6) is 0 Å². The molecule has 15 heavy (non-hydrogen) atoms. The van der Waals surface area contributed by atoms with Crippen molar-refractivity contribution in [3.63, 3.8) is 0 Å². The van der Waals surface area contributed by atoms with Gasteiger partial charge in [0.25, 0.3) is 0 Å². The number of carbonyl (C=O) groups is 1. The Labute approximate surface area is 91.8 Å². The van der Waals surface area contributed by atoms with Crippen LogP contribution in [-0.4, -0.2) is 23.8 Å². The van der Waals surface area contributed by atoms with Crippen LogP contribution in [0.25, 0.3) is 0 Å². The van der Waals surface area contributed by atoms with Crippen LogP contribution in [0.4, 0.5) is 0 Å². The van der Waals surface area contributed by atoms with Crippen molar-refractivity contribution in [3.8, 4) is 0 Å². The molecule has 0 aliphatic heterocycles. The molecule has 0 radical (unpaired) electrons. The van der Waals surface area contributed by atoms with Gasteiger partial charge in [0.05, 0.1) is 6.10 Å². The molecule has 3 heteroatoms. The number of aliphatic carboxylic acids is 1. The topological polar surface area (TPSA) is 46.5 Å². The second kappa shape index (κ2) is 5.50. The Morgan fingerprint density at radius 3 is 2.67 bits per heavy atom. The molecule has 1 saturated carbocycles. The van der Waals surface area contributed by atoms with Crippen LogP contribution in [0.15, 0.2) is 0 Å². The van der Waals surface area contributed by atoms with E-state index in [9.17, 15) is 4.79 Å². The third-order valence-corrected chi connectivity index (χ3v) is 3.38. The van der Waals surface area contributed by atoms with Gasteiger partial charge in [-0.25, -0.2) is 4.79 Å². The summed E-state index contributed by atoms with van der Waals surface area (Å²) in [6.45, 7) is 6.45. The molecule has 0 heterocycles. The summed E-state index contributed by atoms with van der Waals surface area (Å²) in [7, 11) is 0. The summed E-state index contributed by atoms with van der Waals surface area (Å²) in [6, 6.07) is 0. The van der Waals surface area contributed by atoms with Gasteiger partial charge in [0.1, 0.15) is 6.61 Å². The summed E-state index contributed by atoms with van der Waals surface area (Å²) < 4.78 is 5.49. The van der Waals surface area contributed by atoms with Crippen molar-refractivity contribution in [3.05, 3.63) is 0 Å². The zero-order chi connectivity index (χ0) is 11.4. The van der Waals surface area contributed by atoms with E-state index < -0.39 is 5.97 Å². The van der Waals surface area contributed by atoms with Crippen molar-refractivity contribution >= 4 is 5.97 Å². The Bertz CT molecular complexity index is 213. The number of ether oxygens (including phenoxy) is 1. The zero-order valence-electron chi connectivity index (χ0n) is 9.90. The van der Waals surface area contributed by atoms with Gasteiger partial charge in [-0.05, 0) is 30.6 Å². The largest absolute Gasteiger partial charge is 0.480 e. The van der Waals surface area contributed by atoms with E-state index in [4.69, 9.17) is 9.84 Å². The monoisotopic (exact) mass is 214 g/mol. The van der Waals surface area contributed by atoms with E-state index in [-0.39, 0.29) is 12.7 Å². The van der Waals surface area contributed by atoms with Gasteiger partial charge >= 0.3 is 5.97 Å². The fourth-order valence-corrected chi connectivity index (χ4v) is 2.48. The fraction of sp³-hybridized carbons (Fsp3) is 0.917. The lowest BCUT2D eigenvalue weighted by Gasteiger charge is -2.36. The first-order chi connectivity index (χ1) is 7.00. The average Bonchev–Trinajstić information content (AvgIpc) is 2.14. The minimum absolute atomic E-state index is 0.143. The van der Waals surface area contributed by atoms with Gasteiger partial charge in [0.15, 0.2) is 0 Å². The number of carboxylic acids is 1. The summed E-state index contributed by atoms with van der Waals surface area (Å²) in [6.07, 6.45) is 3.57. The molecule has 3 atom stereocenters. The Hall–Kier alpha value is -0.570. The molecule has 1 N–H and O–H groups in total. The van der Waals surface area contributed by atoms with E-state index in [0.717, 1.165) is 6.42 Å². The first-order valence-electron chi connectivity index (χ1n) is 5.84. The smallest absolute Gasteiger partial charge is 0.329 e. The molecule has 3 nitrogen and oxygen atoms in total. The van der Waals surface area contributed by atoms with Crippen LogP contribution < -0.4 is 0 Å². The molecule has 1 rings (SSSR count). The third kappa shape index (κ3) is 3.82. The summed E-state index contributed by atoms with van der Waals surface area (Å²) in [5.74, 6) is 0.909. The zero-order valence-corrected chi connectivity index (χ0v) is 9.90. The molecule has 0 saturated heterocycles. The highest BCUT2D eigenvalue weighted by atomic mass is 16.5. The maximum atomic E-state index is 10.5. The molecular weight excluding hydrogens is 192 g/mol. The van der Waals surface area contributed by atoms with E-state index >= 15 is 0 Å². The van der Waals surface area contributed by atoms with Crippen molar-refractivity contribution in [1.82, 2.24) is 0 Å². The molecule has 0 unspecified atom stereocenters. The van der Waals surface area contributed by atoms with Crippen LogP contribution in [0, 0.1) is 17.8 Å². The van der Waals surface area contributed by atoms with Crippen LogP contribution >= 0.6 is 0 Å². The lowest BCUT2D eigenvalue weighted by Crippen LogP contribution is -2.35. The molecule has 88 valence electrons. The highest BCUT2D eigenvalue weighted by Crippen LogP contribution is 2.35. The number of rotatable bonds is 4. The van der Waals surface area contributed by atoms with E-state index in [2.05, 4.69) is 20.8 Å². The van der Waals surface area contributed by atoms with Crippen molar-refractivity contribution in [2.45, 2.75) is 46.1 Å². The van der Waals surface area contributed by atoms with Crippen molar-refractivity contribution < 1.29 is 14.6 Å². The molecule has 0 bridgehead atoms. The van der Waals surface area contributed by atoms with Gasteiger partial charge < -0.3 is 9.84 Å². The molecule has 1 aliphatic carbocycles. The molecule has 0 spiro atoms. The van der Waals surface area contributed by atoms with Gasteiger partial charge in [-0.2, -0.15) is 0 Å². The van der Waals surface area contributed by atoms with Crippen molar-refractivity contribution in [2.24, 2.45) is 17.8 Å². The Morgan fingerprint density at radius 2 is 2.13 bits per heavy atom. The molecular formula is C12H22O3. The maximum absolute atomic E-state index is 10.5. The van der Waals surface area contributed by atoms with Gasteiger partial charge in [0, 0.05) is 0 Å². The predicted octanol–water partition coefficient (Wildman–Crippen LogP) is 2.55. The Morgan fingerprint density at radius 1 is 1.47 bits per heavy atom. The summed E-state index contributed by atoms with van der Waals surface area (Å²) >= 11 is 0. The van der Waals surface area contributed by atoms with E-state index in [0.29, 0.717) is 17.8 Å². The van der Waals surface area contributed by atoms with Crippen LogP contribution in [0.1, 0.15) is 40.0 Å². The van der Waals surface area contributed by atoms with Crippen molar-refractivity contribution in [1.29, 1.82) is 0 Å². The summed E-state index contributed by atoms with van der Waals surface area (Å²) in [5, 5.41) is 8.61. The summed E-state index contributed by atoms with van der Waals surface area (Å²) in [5.41, 5.74) is 0. The highest BCUT2D eigenvalue weighted by Gasteiger charge is 2.31. The quantitative estimate of drug-likeness (QED) is 0.782. The van der Waals surface area contributed by atoms with E-state index in [1.54, 1.807) is 0 Å². The van der Waals surface area contributed by atoms with Gasteiger partial charge in [-0.3, -0.25) is 0 Å². The standard InChI is InChI=1S/C12H22O3/c1-8(2)10-5-4-9(3)6-11(10)15-7-12(13)14/h8-11H,4-7H2,1-3H3,(H,13,14)/t9-,10-,11+/m0/s1. The molecule has 0 aromatic carbocycles. The molecule has 0 amide bonds. The molecule has 0 aromatic heterocycles. The minimum Gasteiger partial charge on any atom is -0.480 e. The lowest BCUT2D eigenvalue weighted by molar-refractivity contribution is -0.147. The van der Waals surface area contributed by atoms with Crippen LogP contribution in [-0.2, 0) is 9.53 Å². The maximum Gasteiger partial charge on any atom is 0.329 e. The van der Waals surface area contributed by atoms with Crippen LogP contribution in [0.2, 0.25) is 0 Å². The number of hydrogen-bond acceptors (Lipinski definition) is 2. The third-order valence-electron chi connectivity index (χ3n) is 3.38. The predicted molar refractivity (Wildman–Crippen MR) is 58.7 cm³/mol. The molecule has 1 aliphatic rings. The normalized spacial score (nSPS) is 31.9. The minimum atomic E-state index is -0.865. The van der Waals surface area contributed by atoms with Crippen molar-refractivity contribution in [2.75, 3.05) is 6.61 Å². The second-order valence-electron chi connectivity index (χ2n) is 5.07. The first kappa shape index (κ1) is 12.5. The average molecular weight is 214 g/mol. The summed E-state index contributed by atoms with van der Waals surface area (Å²) in [4.78, 5) is 10.5.